The van der Waals surface area contributed by atoms with Gasteiger partial charge >= 0.3 is 11.9 Å². The van der Waals surface area contributed by atoms with E-state index in [4.69, 9.17) is 10.2 Å². The number of allylic oxidation sites excluding steroid dienone is 1. The Morgan fingerprint density at radius 1 is 0.696 bits per heavy atom. The number of hydrogen-bond acceptors (Lipinski definition) is 6. The molecule has 8 nitrogen and oxygen atoms in total. The standard InChI is InChI=1S/C24H38O5.C24H38O3/c1-15(4-7-22(28)29)18-5-6-19-17(10-13-25)20(9-12-23(18,19)2)24(3)11-8-16(26)14-21(24)27;1-15(4-9-22(26)27)19-7-8-20-18-6-5-16-14-17(25)10-12-23(16,2)21(18)11-13-24(19,20)3/h13,15-20,26H,4-12,14H2,1-3H3,(H,28,29);5,15,17-21,25H,4,6-14H2,1-3H3,(H,26,27)/t15-,16+,17?,18-,19?,20?,23-,24-;15-,17+,18?,19-,20?,21?,23+,24-/m11/s1. The molecule has 4 N–H and O–H groups in total. The average molecular weight is 781 g/mol. The first-order valence-electron chi connectivity index (χ1n) is 22.8. The maximum absolute atomic E-state index is 13.0. The minimum atomic E-state index is -0.731. The van der Waals surface area contributed by atoms with Crippen molar-refractivity contribution >= 4 is 24.0 Å². The molecule has 0 amide bonds. The van der Waals surface area contributed by atoms with E-state index in [-0.39, 0.29) is 42.0 Å². The highest BCUT2D eigenvalue weighted by atomic mass is 16.4. The number of Topliss-reactive ketones (excluding diaryl/α,β-unsaturated/α-hetero) is 1. The van der Waals surface area contributed by atoms with Gasteiger partial charge in [-0.2, -0.15) is 0 Å². The van der Waals surface area contributed by atoms with Crippen LogP contribution in [0, 0.1) is 80.8 Å². The number of carboxylic acid groups (broad SMARTS) is 2. The quantitative estimate of drug-likeness (QED) is 0.120. The van der Waals surface area contributed by atoms with Crippen LogP contribution in [0.4, 0.5) is 0 Å². The predicted octanol–water partition coefficient (Wildman–Crippen LogP) is 9.68. The molecule has 0 aromatic carbocycles. The molecular weight excluding hydrogens is 705 g/mol. The average Bonchev–Trinajstić information content (AvgIpc) is 3.69. The second-order valence-corrected chi connectivity index (χ2v) is 21.4. The second kappa shape index (κ2) is 16.9. The van der Waals surface area contributed by atoms with Crippen LogP contribution in [0.2, 0.25) is 0 Å². The number of carboxylic acids is 2. The molecule has 8 heteroatoms. The SMILES string of the molecule is C[C@H](CCC(=O)O)[C@H]1CCC2C(CC=O)C([C@@]3(C)CC[C@H](O)CC3=O)CC[C@@]21C.C[C@H](CCC(=O)O)[C@H]1CCC2C3CC=C4C[C@@H](O)CC[C@]4(C)C3CC[C@@]21C. The van der Waals surface area contributed by atoms with Crippen molar-refractivity contribution < 1.29 is 39.6 Å². The summed E-state index contributed by atoms with van der Waals surface area (Å²) in [6, 6.07) is 0. The molecule has 0 aromatic heterocycles. The Hall–Kier alpha value is -2.06. The molecule has 316 valence electrons. The Morgan fingerprint density at radius 3 is 1.77 bits per heavy atom. The lowest BCUT2D eigenvalue weighted by molar-refractivity contribution is -0.146. The molecule has 0 aromatic rings. The van der Waals surface area contributed by atoms with Gasteiger partial charge in [0.25, 0.3) is 0 Å². The van der Waals surface area contributed by atoms with Gasteiger partial charge < -0.3 is 25.2 Å². The van der Waals surface area contributed by atoms with E-state index in [9.17, 15) is 29.4 Å². The van der Waals surface area contributed by atoms with Crippen LogP contribution in [-0.2, 0) is 19.2 Å². The first-order valence-corrected chi connectivity index (χ1v) is 22.8. The van der Waals surface area contributed by atoms with E-state index in [1.807, 2.05) is 0 Å². The molecule has 7 aliphatic carbocycles. The molecule has 0 saturated heterocycles. The van der Waals surface area contributed by atoms with Gasteiger partial charge in [0.2, 0.25) is 0 Å². The van der Waals surface area contributed by atoms with Gasteiger partial charge in [-0.05, 0) is 178 Å². The molecule has 0 radical (unpaired) electrons. The molecule has 0 bridgehead atoms. The number of aldehydes is 1. The fourth-order valence-corrected chi connectivity index (χ4v) is 15.8. The Morgan fingerprint density at radius 2 is 1.21 bits per heavy atom. The summed E-state index contributed by atoms with van der Waals surface area (Å²) < 4.78 is 0. The summed E-state index contributed by atoms with van der Waals surface area (Å²) in [5, 5.41) is 38.3. The maximum Gasteiger partial charge on any atom is 0.303 e. The molecule has 56 heavy (non-hydrogen) atoms. The molecule has 0 aliphatic heterocycles. The maximum atomic E-state index is 13.0. The van der Waals surface area contributed by atoms with Crippen molar-refractivity contribution in [3.8, 4) is 0 Å². The third kappa shape index (κ3) is 7.98. The lowest BCUT2D eigenvalue weighted by Gasteiger charge is -2.58. The minimum Gasteiger partial charge on any atom is -0.481 e. The van der Waals surface area contributed by atoms with Crippen LogP contribution in [0.3, 0.4) is 0 Å². The molecule has 16 atom stereocenters. The molecule has 7 rings (SSSR count). The summed E-state index contributed by atoms with van der Waals surface area (Å²) in [7, 11) is 0. The van der Waals surface area contributed by atoms with Crippen LogP contribution in [0.25, 0.3) is 0 Å². The summed E-state index contributed by atoms with van der Waals surface area (Å²) in [6.07, 6.45) is 20.8. The number of fused-ring (bicyclic) bond motifs is 6. The van der Waals surface area contributed by atoms with E-state index in [1.54, 1.807) is 5.57 Å². The van der Waals surface area contributed by atoms with Crippen molar-refractivity contribution in [3.05, 3.63) is 11.6 Å². The number of rotatable bonds is 11. The molecular formula is C48H76O8. The number of aliphatic hydroxyl groups excluding tert-OH is 2. The number of aliphatic hydroxyl groups is 2. The van der Waals surface area contributed by atoms with Crippen LogP contribution in [0.15, 0.2) is 11.6 Å². The van der Waals surface area contributed by atoms with Gasteiger partial charge in [-0.3, -0.25) is 14.4 Å². The Balaban J connectivity index is 0.000000190. The molecule has 6 unspecified atom stereocenters. The third-order valence-corrected chi connectivity index (χ3v) is 18.9. The smallest absolute Gasteiger partial charge is 0.303 e. The zero-order valence-corrected chi connectivity index (χ0v) is 35.6. The Labute approximate surface area is 337 Å². The van der Waals surface area contributed by atoms with Gasteiger partial charge in [0.05, 0.1) is 12.2 Å². The van der Waals surface area contributed by atoms with Crippen LogP contribution < -0.4 is 0 Å². The molecule has 6 saturated carbocycles. The molecule has 0 spiro atoms. The normalized spacial score (nSPS) is 45.4. The van der Waals surface area contributed by atoms with Crippen LogP contribution >= 0.6 is 0 Å². The monoisotopic (exact) mass is 781 g/mol. The summed E-state index contributed by atoms with van der Waals surface area (Å²) in [6.45, 7) is 14.0. The lowest BCUT2D eigenvalue weighted by Crippen LogP contribution is -2.51. The number of carbonyl (C=O) groups excluding carboxylic acids is 2. The van der Waals surface area contributed by atoms with Gasteiger partial charge in [-0.25, -0.2) is 0 Å². The summed E-state index contributed by atoms with van der Waals surface area (Å²) in [5.74, 6) is 4.06. The number of aliphatic carboxylic acids is 2. The number of ketones is 1. The zero-order valence-electron chi connectivity index (χ0n) is 35.6. The zero-order chi connectivity index (χ0) is 40.8. The third-order valence-electron chi connectivity index (χ3n) is 18.9. The van der Waals surface area contributed by atoms with E-state index in [1.165, 1.54) is 32.1 Å². The lowest BCUT2D eigenvalue weighted by atomic mass is 9.47. The topological polar surface area (TPSA) is 149 Å². The molecule has 6 fully saturated rings. The Kier molecular flexibility index (Phi) is 13.1. The van der Waals surface area contributed by atoms with E-state index < -0.39 is 23.5 Å². The van der Waals surface area contributed by atoms with Crippen LogP contribution in [0.1, 0.15) is 170 Å². The van der Waals surface area contributed by atoms with E-state index in [0.717, 1.165) is 81.8 Å². The van der Waals surface area contributed by atoms with E-state index >= 15 is 0 Å². The highest BCUT2D eigenvalue weighted by Crippen LogP contribution is 2.68. The van der Waals surface area contributed by atoms with E-state index in [0.29, 0.717) is 66.1 Å². The first kappa shape index (κ1) is 43.5. The highest BCUT2D eigenvalue weighted by Gasteiger charge is 2.60. The number of hydrogen-bond donors (Lipinski definition) is 4. The van der Waals surface area contributed by atoms with Crippen molar-refractivity contribution in [3.63, 3.8) is 0 Å². The van der Waals surface area contributed by atoms with Crippen molar-refractivity contribution in [2.24, 2.45) is 80.8 Å². The largest absolute Gasteiger partial charge is 0.481 e. The van der Waals surface area contributed by atoms with Crippen molar-refractivity contribution in [1.82, 2.24) is 0 Å². The fourth-order valence-electron chi connectivity index (χ4n) is 15.8. The van der Waals surface area contributed by atoms with Gasteiger partial charge in [-0.15, -0.1) is 0 Å². The van der Waals surface area contributed by atoms with Crippen molar-refractivity contribution in [1.29, 1.82) is 0 Å². The summed E-state index contributed by atoms with van der Waals surface area (Å²) in [5.41, 5.74) is 1.96. The van der Waals surface area contributed by atoms with Gasteiger partial charge in [-0.1, -0.05) is 53.2 Å². The van der Waals surface area contributed by atoms with Crippen molar-refractivity contribution in [2.75, 3.05) is 0 Å². The number of carbonyl (C=O) groups is 4. The van der Waals surface area contributed by atoms with Crippen LogP contribution in [0.5, 0.6) is 0 Å². The van der Waals surface area contributed by atoms with Crippen molar-refractivity contribution in [2.45, 2.75) is 182 Å². The van der Waals surface area contributed by atoms with Gasteiger partial charge in [0.15, 0.2) is 0 Å². The first-order chi connectivity index (χ1) is 26.4. The Bertz CT molecular complexity index is 1490. The second-order valence-electron chi connectivity index (χ2n) is 21.4. The minimum absolute atomic E-state index is 0.121. The van der Waals surface area contributed by atoms with Crippen LogP contribution in [-0.4, -0.2) is 56.6 Å². The molecule has 0 heterocycles. The fraction of sp³-hybridized carbons (Fsp3) is 0.875. The van der Waals surface area contributed by atoms with Gasteiger partial charge in [0.1, 0.15) is 12.1 Å². The molecule has 7 aliphatic rings. The van der Waals surface area contributed by atoms with Gasteiger partial charge in [0, 0.05) is 31.1 Å². The highest BCUT2D eigenvalue weighted by molar-refractivity contribution is 5.86. The van der Waals surface area contributed by atoms with E-state index in [2.05, 4.69) is 47.6 Å². The predicted molar refractivity (Wildman–Crippen MR) is 217 cm³/mol. The summed E-state index contributed by atoms with van der Waals surface area (Å²) in [4.78, 5) is 46.7. The summed E-state index contributed by atoms with van der Waals surface area (Å²) >= 11 is 0.